The van der Waals surface area contributed by atoms with Crippen LogP contribution in [0, 0.1) is 11.3 Å². The summed E-state index contributed by atoms with van der Waals surface area (Å²) in [6.07, 6.45) is 1.26. The predicted octanol–water partition coefficient (Wildman–Crippen LogP) is 1.54. The average molecular weight is 216 g/mol. The Bertz CT molecular complexity index is 219. The zero-order valence-corrected chi connectivity index (χ0v) is 9.66. The van der Waals surface area contributed by atoms with Crippen molar-refractivity contribution in [2.24, 2.45) is 11.3 Å². The number of carboxylic acids is 1. The van der Waals surface area contributed by atoms with E-state index in [2.05, 4.69) is 0 Å². The van der Waals surface area contributed by atoms with Crippen LogP contribution in [0.1, 0.15) is 26.7 Å². The zero-order chi connectivity index (χ0) is 11.5. The van der Waals surface area contributed by atoms with Gasteiger partial charge in [0.2, 0.25) is 0 Å². The van der Waals surface area contributed by atoms with Crippen LogP contribution >= 0.6 is 0 Å². The van der Waals surface area contributed by atoms with Crippen molar-refractivity contribution in [3.63, 3.8) is 0 Å². The zero-order valence-electron chi connectivity index (χ0n) is 9.66. The number of carboxylic acid groups (broad SMARTS) is 1. The molecule has 1 heterocycles. The highest BCUT2D eigenvalue weighted by Gasteiger charge is 2.42. The van der Waals surface area contributed by atoms with Gasteiger partial charge < -0.3 is 14.6 Å². The molecule has 0 bridgehead atoms. The smallest absolute Gasteiger partial charge is 0.333 e. The summed E-state index contributed by atoms with van der Waals surface area (Å²) in [5.41, 5.74) is -0.388. The minimum atomic E-state index is -0.895. The number of aliphatic carboxylic acids is 1. The van der Waals surface area contributed by atoms with E-state index in [0.717, 1.165) is 19.4 Å². The van der Waals surface area contributed by atoms with Gasteiger partial charge in [-0.3, -0.25) is 0 Å². The van der Waals surface area contributed by atoms with E-state index in [1.807, 2.05) is 13.8 Å². The number of carbonyl (C=O) groups is 1. The van der Waals surface area contributed by atoms with Gasteiger partial charge in [0, 0.05) is 19.1 Å². The molecule has 88 valence electrons. The second kappa shape index (κ2) is 4.94. The summed E-state index contributed by atoms with van der Waals surface area (Å²) in [5, 5.41) is 9.07. The van der Waals surface area contributed by atoms with Gasteiger partial charge in [0.15, 0.2) is 6.10 Å². The van der Waals surface area contributed by atoms with Crippen molar-refractivity contribution in [2.45, 2.75) is 32.8 Å². The molecular weight excluding hydrogens is 196 g/mol. The number of rotatable bonds is 4. The van der Waals surface area contributed by atoms with E-state index in [0.29, 0.717) is 6.61 Å². The van der Waals surface area contributed by atoms with E-state index >= 15 is 0 Å². The highest BCUT2D eigenvalue weighted by atomic mass is 16.5. The number of ether oxygens (including phenoxy) is 2. The molecular formula is C11H20O4. The molecule has 4 heteroatoms. The maximum atomic E-state index is 11.1. The number of hydrogen-bond donors (Lipinski definition) is 1. The minimum absolute atomic E-state index is 0.257. The topological polar surface area (TPSA) is 55.8 Å². The van der Waals surface area contributed by atoms with Crippen molar-refractivity contribution in [1.29, 1.82) is 0 Å². The summed E-state index contributed by atoms with van der Waals surface area (Å²) in [6.45, 7) is 5.31. The van der Waals surface area contributed by atoms with Crippen molar-refractivity contribution in [3.8, 4) is 0 Å². The lowest BCUT2D eigenvalue weighted by Crippen LogP contribution is -2.45. The molecule has 0 spiro atoms. The molecule has 0 aromatic heterocycles. The van der Waals surface area contributed by atoms with Gasteiger partial charge in [-0.05, 0) is 18.8 Å². The van der Waals surface area contributed by atoms with Crippen LogP contribution in [-0.4, -0.2) is 37.5 Å². The largest absolute Gasteiger partial charge is 0.479 e. The molecule has 15 heavy (non-hydrogen) atoms. The Kier molecular flexibility index (Phi) is 4.11. The molecule has 1 saturated heterocycles. The van der Waals surface area contributed by atoms with Gasteiger partial charge in [0.05, 0.1) is 6.61 Å². The van der Waals surface area contributed by atoms with E-state index in [1.54, 1.807) is 0 Å². The highest BCUT2D eigenvalue weighted by Crippen LogP contribution is 2.37. The van der Waals surface area contributed by atoms with Gasteiger partial charge >= 0.3 is 5.97 Å². The summed E-state index contributed by atoms with van der Waals surface area (Å²) in [5.74, 6) is -0.639. The average Bonchev–Trinajstić information content (AvgIpc) is 2.19. The van der Waals surface area contributed by atoms with Crippen molar-refractivity contribution in [1.82, 2.24) is 0 Å². The fraction of sp³-hybridized carbons (Fsp3) is 0.909. The number of methoxy groups -OCH3 is 1. The second-order valence-electron chi connectivity index (χ2n) is 4.69. The quantitative estimate of drug-likeness (QED) is 0.774. The van der Waals surface area contributed by atoms with Gasteiger partial charge in [-0.1, -0.05) is 13.8 Å². The van der Waals surface area contributed by atoms with E-state index in [-0.39, 0.29) is 11.3 Å². The first-order chi connectivity index (χ1) is 7.00. The summed E-state index contributed by atoms with van der Waals surface area (Å²) >= 11 is 0. The lowest BCUT2D eigenvalue weighted by Gasteiger charge is -2.39. The molecule has 4 nitrogen and oxygen atoms in total. The van der Waals surface area contributed by atoms with Gasteiger partial charge in [-0.2, -0.15) is 0 Å². The molecule has 2 unspecified atom stereocenters. The molecule has 0 aliphatic carbocycles. The third-order valence-corrected chi connectivity index (χ3v) is 3.35. The van der Waals surface area contributed by atoms with Crippen LogP contribution in [0.4, 0.5) is 0 Å². The molecule has 1 aliphatic rings. The third kappa shape index (κ3) is 2.69. The first-order valence-electron chi connectivity index (χ1n) is 5.33. The summed E-state index contributed by atoms with van der Waals surface area (Å²) in [6, 6.07) is 0. The normalized spacial score (nSPS) is 24.9. The Morgan fingerprint density at radius 1 is 1.60 bits per heavy atom. The highest BCUT2D eigenvalue weighted by molar-refractivity contribution is 5.73. The van der Waals surface area contributed by atoms with Gasteiger partial charge in [0.1, 0.15) is 0 Å². The van der Waals surface area contributed by atoms with E-state index in [4.69, 9.17) is 14.6 Å². The molecule has 0 aromatic rings. The SMILES string of the molecule is COC(C(=O)O)C(C)(C)C1CCCOC1. The fourth-order valence-corrected chi connectivity index (χ4v) is 2.26. The van der Waals surface area contributed by atoms with Crippen molar-refractivity contribution < 1.29 is 19.4 Å². The fourth-order valence-electron chi connectivity index (χ4n) is 2.26. The first kappa shape index (κ1) is 12.5. The second-order valence-corrected chi connectivity index (χ2v) is 4.69. The Morgan fingerprint density at radius 3 is 2.67 bits per heavy atom. The maximum absolute atomic E-state index is 11.1. The van der Waals surface area contributed by atoms with Crippen LogP contribution in [-0.2, 0) is 14.3 Å². The molecule has 1 N–H and O–H groups in total. The molecule has 1 aliphatic heterocycles. The van der Waals surface area contributed by atoms with Crippen molar-refractivity contribution in [2.75, 3.05) is 20.3 Å². The van der Waals surface area contributed by atoms with Crippen molar-refractivity contribution in [3.05, 3.63) is 0 Å². The molecule has 0 amide bonds. The Morgan fingerprint density at radius 2 is 2.27 bits per heavy atom. The molecule has 2 atom stereocenters. The Balaban J connectivity index is 2.73. The monoisotopic (exact) mass is 216 g/mol. The third-order valence-electron chi connectivity index (χ3n) is 3.35. The lowest BCUT2D eigenvalue weighted by molar-refractivity contribution is -0.162. The van der Waals surface area contributed by atoms with Crippen LogP contribution in [0.15, 0.2) is 0 Å². The van der Waals surface area contributed by atoms with E-state index < -0.39 is 12.1 Å². The predicted molar refractivity (Wildman–Crippen MR) is 55.8 cm³/mol. The molecule has 1 fully saturated rings. The number of hydrogen-bond acceptors (Lipinski definition) is 3. The van der Waals surface area contributed by atoms with Crippen LogP contribution in [0.25, 0.3) is 0 Å². The summed E-state index contributed by atoms with van der Waals surface area (Å²) in [4.78, 5) is 11.1. The van der Waals surface area contributed by atoms with Gasteiger partial charge in [-0.25, -0.2) is 4.79 Å². The molecule has 0 radical (unpaired) electrons. The van der Waals surface area contributed by atoms with Crippen LogP contribution in [0.3, 0.4) is 0 Å². The summed E-state index contributed by atoms with van der Waals surface area (Å²) in [7, 11) is 1.45. The van der Waals surface area contributed by atoms with Crippen molar-refractivity contribution >= 4 is 5.97 Å². The Labute approximate surface area is 90.6 Å². The molecule has 1 rings (SSSR count). The Hall–Kier alpha value is -0.610. The summed E-state index contributed by atoms with van der Waals surface area (Å²) < 4.78 is 10.5. The molecule has 0 aromatic carbocycles. The lowest BCUT2D eigenvalue weighted by atomic mass is 9.72. The van der Waals surface area contributed by atoms with E-state index in [1.165, 1.54) is 7.11 Å². The van der Waals surface area contributed by atoms with Gasteiger partial charge in [0.25, 0.3) is 0 Å². The van der Waals surface area contributed by atoms with Gasteiger partial charge in [-0.15, -0.1) is 0 Å². The van der Waals surface area contributed by atoms with Crippen LogP contribution < -0.4 is 0 Å². The molecule has 0 saturated carbocycles. The van der Waals surface area contributed by atoms with Crippen LogP contribution in [0.5, 0.6) is 0 Å². The standard InChI is InChI=1S/C11H20O4/c1-11(2,9(14-3)10(12)13)8-5-4-6-15-7-8/h8-9H,4-7H2,1-3H3,(H,12,13). The minimum Gasteiger partial charge on any atom is -0.479 e. The van der Waals surface area contributed by atoms with E-state index in [9.17, 15) is 4.79 Å². The maximum Gasteiger partial charge on any atom is 0.333 e. The van der Waals surface area contributed by atoms with Crippen LogP contribution in [0.2, 0.25) is 0 Å². The first-order valence-corrected chi connectivity index (χ1v) is 5.33.